The molecule has 0 aliphatic heterocycles. The standard InChI is InChI=1S/C18H32N4O2S2/c1-15(2)22-26(23,24)14-17-9-7-16(8-10-17)13-21-18(19-3)20-11-5-6-12-25-4/h7-10,15,22H,5-6,11-14H2,1-4H3,(H2,19,20,21). The second-order valence-corrected chi connectivity index (χ2v) is 9.14. The lowest BCUT2D eigenvalue weighted by Gasteiger charge is -2.12. The third kappa shape index (κ3) is 10.0. The van der Waals surface area contributed by atoms with E-state index in [1.165, 1.54) is 12.2 Å². The van der Waals surface area contributed by atoms with Gasteiger partial charge in [0.1, 0.15) is 0 Å². The predicted octanol–water partition coefficient (Wildman–Crippen LogP) is 2.32. The van der Waals surface area contributed by atoms with E-state index in [2.05, 4.69) is 26.6 Å². The molecule has 6 nitrogen and oxygen atoms in total. The average Bonchev–Trinajstić information content (AvgIpc) is 2.57. The van der Waals surface area contributed by atoms with Crippen LogP contribution < -0.4 is 15.4 Å². The van der Waals surface area contributed by atoms with Crippen LogP contribution in [-0.4, -0.2) is 46.0 Å². The summed E-state index contributed by atoms with van der Waals surface area (Å²) in [5.41, 5.74) is 1.85. The second kappa shape index (κ2) is 12.2. The molecule has 0 aromatic heterocycles. The molecule has 0 saturated carbocycles. The number of nitrogens with zero attached hydrogens (tertiary/aromatic N) is 1. The topological polar surface area (TPSA) is 82.6 Å². The molecule has 0 aliphatic rings. The van der Waals surface area contributed by atoms with E-state index < -0.39 is 10.0 Å². The van der Waals surface area contributed by atoms with Crippen LogP contribution in [0.3, 0.4) is 0 Å². The van der Waals surface area contributed by atoms with Crippen LogP contribution in [-0.2, 0) is 22.3 Å². The molecule has 8 heteroatoms. The van der Waals surface area contributed by atoms with E-state index in [1.807, 2.05) is 49.9 Å². The zero-order valence-corrected chi connectivity index (χ0v) is 17.8. The van der Waals surface area contributed by atoms with Gasteiger partial charge in [0, 0.05) is 26.2 Å². The quantitative estimate of drug-likeness (QED) is 0.302. The SMILES string of the molecule is CN=C(NCCCCSC)NCc1ccc(CS(=O)(=O)NC(C)C)cc1. The summed E-state index contributed by atoms with van der Waals surface area (Å²) in [4.78, 5) is 4.22. The van der Waals surface area contributed by atoms with Gasteiger partial charge < -0.3 is 10.6 Å². The third-order valence-electron chi connectivity index (χ3n) is 3.55. The molecule has 1 aromatic rings. The van der Waals surface area contributed by atoms with E-state index in [0.717, 1.165) is 30.1 Å². The molecule has 0 atom stereocenters. The maximum Gasteiger partial charge on any atom is 0.216 e. The molecule has 0 spiro atoms. The Morgan fingerprint density at radius 2 is 1.77 bits per heavy atom. The minimum atomic E-state index is -3.29. The van der Waals surface area contributed by atoms with Crippen molar-refractivity contribution in [2.24, 2.45) is 4.99 Å². The van der Waals surface area contributed by atoms with Gasteiger partial charge in [-0.25, -0.2) is 13.1 Å². The number of thioether (sulfide) groups is 1. The first kappa shape index (κ1) is 22.8. The highest BCUT2D eigenvalue weighted by Gasteiger charge is 2.12. The van der Waals surface area contributed by atoms with E-state index in [4.69, 9.17) is 0 Å². The Morgan fingerprint density at radius 1 is 1.12 bits per heavy atom. The highest BCUT2D eigenvalue weighted by molar-refractivity contribution is 7.98. The zero-order chi connectivity index (χ0) is 19.4. The van der Waals surface area contributed by atoms with Gasteiger partial charge in [-0.3, -0.25) is 4.99 Å². The van der Waals surface area contributed by atoms with Crippen molar-refractivity contribution in [3.63, 3.8) is 0 Å². The first-order valence-corrected chi connectivity index (χ1v) is 11.9. The molecule has 1 rings (SSSR count). The fourth-order valence-electron chi connectivity index (χ4n) is 2.36. The van der Waals surface area contributed by atoms with Crippen LogP contribution in [0.4, 0.5) is 0 Å². The van der Waals surface area contributed by atoms with E-state index >= 15 is 0 Å². The summed E-state index contributed by atoms with van der Waals surface area (Å²) in [6, 6.07) is 7.51. The van der Waals surface area contributed by atoms with Crippen molar-refractivity contribution in [1.29, 1.82) is 0 Å². The average molecular weight is 401 g/mol. The molecule has 26 heavy (non-hydrogen) atoms. The van der Waals surface area contributed by atoms with Gasteiger partial charge in [0.2, 0.25) is 10.0 Å². The number of benzene rings is 1. The van der Waals surface area contributed by atoms with Crippen molar-refractivity contribution in [3.05, 3.63) is 35.4 Å². The van der Waals surface area contributed by atoms with Gasteiger partial charge in [0.15, 0.2) is 5.96 Å². The van der Waals surface area contributed by atoms with Crippen LogP contribution in [0.1, 0.15) is 37.8 Å². The van der Waals surface area contributed by atoms with Crippen LogP contribution in [0, 0.1) is 0 Å². The summed E-state index contributed by atoms with van der Waals surface area (Å²) in [6.45, 7) is 5.17. The van der Waals surface area contributed by atoms with Crippen LogP contribution in [0.25, 0.3) is 0 Å². The Hall–Kier alpha value is -1.25. The molecule has 0 heterocycles. The Bertz CT molecular complexity index is 644. The largest absolute Gasteiger partial charge is 0.356 e. The van der Waals surface area contributed by atoms with Crippen LogP contribution in [0.2, 0.25) is 0 Å². The highest BCUT2D eigenvalue weighted by Crippen LogP contribution is 2.08. The van der Waals surface area contributed by atoms with Crippen LogP contribution >= 0.6 is 11.8 Å². The fraction of sp³-hybridized carbons (Fsp3) is 0.611. The van der Waals surface area contributed by atoms with Crippen molar-refractivity contribution in [2.75, 3.05) is 25.6 Å². The third-order valence-corrected chi connectivity index (χ3v) is 5.79. The smallest absolute Gasteiger partial charge is 0.216 e. The van der Waals surface area contributed by atoms with Crippen molar-refractivity contribution < 1.29 is 8.42 Å². The minimum absolute atomic E-state index is 0.00183. The molecular formula is C18H32N4O2S2. The maximum atomic E-state index is 12.0. The van der Waals surface area contributed by atoms with Crippen LogP contribution in [0.5, 0.6) is 0 Å². The summed E-state index contributed by atoms with van der Waals surface area (Å²) in [6.07, 6.45) is 4.44. The second-order valence-electron chi connectivity index (χ2n) is 6.40. The molecule has 1 aromatic carbocycles. The molecule has 0 saturated heterocycles. The number of guanidine groups is 1. The van der Waals surface area contributed by atoms with E-state index in [9.17, 15) is 8.42 Å². The number of hydrogen-bond donors (Lipinski definition) is 3. The molecular weight excluding hydrogens is 368 g/mol. The minimum Gasteiger partial charge on any atom is -0.356 e. The number of rotatable bonds is 11. The van der Waals surface area contributed by atoms with Gasteiger partial charge in [0.05, 0.1) is 5.75 Å². The van der Waals surface area contributed by atoms with Gasteiger partial charge >= 0.3 is 0 Å². The van der Waals surface area contributed by atoms with Gasteiger partial charge in [-0.05, 0) is 49.8 Å². The van der Waals surface area contributed by atoms with Crippen molar-refractivity contribution >= 4 is 27.7 Å². The molecule has 0 fully saturated rings. The summed E-state index contributed by atoms with van der Waals surface area (Å²) in [7, 11) is -1.53. The van der Waals surface area contributed by atoms with E-state index in [-0.39, 0.29) is 11.8 Å². The molecule has 148 valence electrons. The summed E-state index contributed by atoms with van der Waals surface area (Å²) in [5, 5.41) is 6.57. The number of aliphatic imine (C=N–C) groups is 1. The molecule has 0 amide bonds. The summed E-state index contributed by atoms with van der Waals surface area (Å²) >= 11 is 1.87. The fourth-order valence-corrected chi connectivity index (χ4v) is 4.28. The van der Waals surface area contributed by atoms with Gasteiger partial charge in [0.25, 0.3) is 0 Å². The first-order valence-electron chi connectivity index (χ1n) is 8.87. The number of unbranched alkanes of at least 4 members (excludes halogenated alkanes) is 1. The lowest BCUT2D eigenvalue weighted by atomic mass is 10.1. The lowest BCUT2D eigenvalue weighted by molar-refractivity contribution is 0.569. The summed E-state index contributed by atoms with van der Waals surface area (Å²) in [5.74, 6) is 1.96. The van der Waals surface area contributed by atoms with Crippen LogP contribution in [0.15, 0.2) is 29.3 Å². The summed E-state index contributed by atoms with van der Waals surface area (Å²) < 4.78 is 26.5. The highest BCUT2D eigenvalue weighted by atomic mass is 32.2. The van der Waals surface area contributed by atoms with E-state index in [0.29, 0.717) is 6.54 Å². The number of hydrogen-bond acceptors (Lipinski definition) is 4. The monoisotopic (exact) mass is 400 g/mol. The zero-order valence-electron chi connectivity index (χ0n) is 16.2. The van der Waals surface area contributed by atoms with Crippen molar-refractivity contribution in [2.45, 2.75) is 45.0 Å². The molecule has 0 bridgehead atoms. The van der Waals surface area contributed by atoms with Gasteiger partial charge in [-0.1, -0.05) is 24.3 Å². The molecule has 3 N–H and O–H groups in total. The molecule has 0 unspecified atom stereocenters. The molecule has 0 radical (unpaired) electrons. The Balaban J connectivity index is 2.44. The van der Waals surface area contributed by atoms with Gasteiger partial charge in [-0.15, -0.1) is 0 Å². The normalized spacial score (nSPS) is 12.4. The van der Waals surface area contributed by atoms with Crippen molar-refractivity contribution in [3.8, 4) is 0 Å². The predicted molar refractivity (Wildman–Crippen MR) is 113 cm³/mol. The molecule has 0 aliphatic carbocycles. The lowest BCUT2D eigenvalue weighted by Crippen LogP contribution is -2.37. The number of nitrogens with one attached hydrogen (secondary N) is 3. The number of sulfonamides is 1. The first-order chi connectivity index (χ1) is 12.4. The van der Waals surface area contributed by atoms with Gasteiger partial charge in [-0.2, -0.15) is 11.8 Å². The Kier molecular flexibility index (Phi) is 10.7. The maximum absolute atomic E-state index is 12.0. The Labute approximate surface area is 162 Å². The Morgan fingerprint density at radius 3 is 2.35 bits per heavy atom. The van der Waals surface area contributed by atoms with E-state index in [1.54, 1.807) is 7.05 Å². The van der Waals surface area contributed by atoms with Crippen molar-refractivity contribution in [1.82, 2.24) is 15.4 Å².